The lowest BCUT2D eigenvalue weighted by molar-refractivity contribution is 1.58. The van der Waals surface area contributed by atoms with Gasteiger partial charge in [-0.15, -0.1) is 24.0 Å². The number of halogens is 2. The zero-order chi connectivity index (χ0) is 8.72. The Bertz CT molecular complexity index is 436. The van der Waals surface area contributed by atoms with Crippen LogP contribution < -0.4 is 0 Å². The molecule has 2 aromatic rings. The van der Waals surface area contributed by atoms with Crippen LogP contribution in [-0.4, -0.2) is 0 Å². The number of benzene rings is 1. The molecule has 1 heterocycles. The van der Waals surface area contributed by atoms with Crippen LogP contribution in [0.5, 0.6) is 0 Å². The van der Waals surface area contributed by atoms with Crippen molar-refractivity contribution in [3.05, 3.63) is 25.6 Å². The average molecular weight is 371 g/mol. The maximum atomic E-state index is 4.40. The van der Waals surface area contributed by atoms with Crippen molar-refractivity contribution in [1.29, 1.82) is 0 Å². The molecule has 12 heavy (non-hydrogen) atoms. The Morgan fingerprint density at radius 2 is 2.17 bits per heavy atom. The van der Waals surface area contributed by atoms with Gasteiger partial charge in [0.05, 0.1) is 0 Å². The fourth-order valence-electron chi connectivity index (χ4n) is 1.06. The van der Waals surface area contributed by atoms with Crippen molar-refractivity contribution < 1.29 is 0 Å². The van der Waals surface area contributed by atoms with Gasteiger partial charge in [0.1, 0.15) is 0 Å². The van der Waals surface area contributed by atoms with Gasteiger partial charge in [-0.05, 0) is 34.7 Å². The van der Waals surface area contributed by atoms with Crippen LogP contribution in [0.15, 0.2) is 26.9 Å². The van der Waals surface area contributed by atoms with Gasteiger partial charge in [-0.3, -0.25) is 0 Å². The Balaban J connectivity index is 2.98. The van der Waals surface area contributed by atoms with E-state index >= 15 is 0 Å². The third-order valence-corrected chi connectivity index (χ3v) is 5.08. The number of hydrogen-bond donors (Lipinski definition) is 1. The van der Waals surface area contributed by atoms with Crippen molar-refractivity contribution in [2.24, 2.45) is 0 Å². The second-order valence-electron chi connectivity index (χ2n) is 2.35. The Hall–Kier alpha value is 0.740. The highest BCUT2D eigenvalue weighted by Gasteiger charge is 2.07. The second kappa shape index (κ2) is 3.48. The van der Waals surface area contributed by atoms with Crippen molar-refractivity contribution in [2.75, 3.05) is 0 Å². The zero-order valence-electron chi connectivity index (χ0n) is 5.84. The van der Waals surface area contributed by atoms with E-state index in [0.717, 1.165) is 9.37 Å². The SMILES string of the molecule is Sc1ccc(Br)c2c(I)csc12. The quantitative estimate of drug-likeness (QED) is 0.510. The molecule has 0 saturated heterocycles. The normalized spacial score (nSPS) is 10.9. The van der Waals surface area contributed by atoms with Gasteiger partial charge in [-0.25, -0.2) is 0 Å². The first-order chi connectivity index (χ1) is 5.70. The highest BCUT2D eigenvalue weighted by atomic mass is 127. The van der Waals surface area contributed by atoms with Gasteiger partial charge < -0.3 is 0 Å². The maximum Gasteiger partial charge on any atom is 0.0498 e. The molecule has 0 nitrogen and oxygen atoms in total. The summed E-state index contributed by atoms with van der Waals surface area (Å²) in [6, 6.07) is 4.06. The molecule has 0 fully saturated rings. The molecular formula is C8H4BrIS2. The minimum absolute atomic E-state index is 1.06. The second-order valence-corrected chi connectivity index (χ2v) is 5.73. The van der Waals surface area contributed by atoms with Crippen LogP contribution in [0.25, 0.3) is 10.1 Å². The third kappa shape index (κ3) is 1.42. The summed E-state index contributed by atoms with van der Waals surface area (Å²) in [4.78, 5) is 1.06. The molecule has 0 aliphatic heterocycles. The number of hydrogen-bond acceptors (Lipinski definition) is 2. The number of thiophene rings is 1. The molecule has 0 aliphatic rings. The van der Waals surface area contributed by atoms with E-state index in [1.807, 2.05) is 12.1 Å². The van der Waals surface area contributed by atoms with Crippen LogP contribution in [0, 0.1) is 3.57 Å². The molecule has 2 rings (SSSR count). The summed E-state index contributed by atoms with van der Waals surface area (Å²) in [6.45, 7) is 0. The molecule has 0 N–H and O–H groups in total. The topological polar surface area (TPSA) is 0 Å². The van der Waals surface area contributed by atoms with Gasteiger partial charge in [0.2, 0.25) is 0 Å². The Morgan fingerprint density at radius 3 is 2.83 bits per heavy atom. The minimum atomic E-state index is 1.06. The zero-order valence-corrected chi connectivity index (χ0v) is 11.3. The molecular weight excluding hydrogens is 367 g/mol. The van der Waals surface area contributed by atoms with Crippen molar-refractivity contribution in [3.8, 4) is 0 Å². The lowest BCUT2D eigenvalue weighted by Crippen LogP contribution is -1.72. The fraction of sp³-hybridized carbons (Fsp3) is 0. The summed E-state index contributed by atoms with van der Waals surface area (Å²) in [6.07, 6.45) is 0. The molecule has 0 atom stereocenters. The molecule has 4 heteroatoms. The molecule has 0 unspecified atom stereocenters. The van der Waals surface area contributed by atoms with E-state index in [-0.39, 0.29) is 0 Å². The molecule has 62 valence electrons. The van der Waals surface area contributed by atoms with Crippen LogP contribution in [0.4, 0.5) is 0 Å². The van der Waals surface area contributed by atoms with E-state index in [4.69, 9.17) is 0 Å². The molecule has 0 amide bonds. The van der Waals surface area contributed by atoms with Gasteiger partial charge in [0.25, 0.3) is 0 Å². The maximum absolute atomic E-state index is 4.40. The van der Waals surface area contributed by atoms with Crippen LogP contribution in [-0.2, 0) is 0 Å². The first kappa shape index (κ1) is 9.30. The standard InChI is InChI=1S/C8H4BrIS2/c9-4-1-2-6(11)8-7(4)5(10)3-12-8/h1-3,11H. The van der Waals surface area contributed by atoms with Crippen molar-refractivity contribution >= 4 is 72.6 Å². The van der Waals surface area contributed by atoms with E-state index in [1.165, 1.54) is 13.7 Å². The van der Waals surface area contributed by atoms with Gasteiger partial charge in [0.15, 0.2) is 0 Å². The number of thiol groups is 1. The fourth-order valence-corrected chi connectivity index (χ4v) is 4.44. The van der Waals surface area contributed by atoms with Gasteiger partial charge in [0, 0.05) is 28.4 Å². The Morgan fingerprint density at radius 1 is 1.42 bits per heavy atom. The van der Waals surface area contributed by atoms with Gasteiger partial charge >= 0.3 is 0 Å². The monoisotopic (exact) mass is 370 g/mol. The van der Waals surface area contributed by atoms with Crippen molar-refractivity contribution in [2.45, 2.75) is 4.90 Å². The van der Waals surface area contributed by atoms with Crippen LogP contribution >= 0.6 is 62.5 Å². The lowest BCUT2D eigenvalue weighted by Gasteiger charge is -1.97. The van der Waals surface area contributed by atoms with E-state index in [2.05, 4.69) is 56.5 Å². The predicted octanol–water partition coefficient (Wildman–Crippen LogP) is 4.56. The summed E-state index contributed by atoms with van der Waals surface area (Å²) in [5.74, 6) is 0. The molecule has 1 aromatic heterocycles. The van der Waals surface area contributed by atoms with E-state index in [1.54, 1.807) is 11.3 Å². The molecule has 0 radical (unpaired) electrons. The van der Waals surface area contributed by atoms with Crippen molar-refractivity contribution in [1.82, 2.24) is 0 Å². The Kier molecular flexibility index (Phi) is 2.69. The summed E-state index contributed by atoms with van der Waals surface area (Å²) in [5.41, 5.74) is 0. The lowest BCUT2D eigenvalue weighted by atomic mass is 10.3. The highest BCUT2D eigenvalue weighted by molar-refractivity contribution is 14.1. The smallest absolute Gasteiger partial charge is 0.0498 e. The third-order valence-electron chi connectivity index (χ3n) is 1.61. The first-order valence-electron chi connectivity index (χ1n) is 3.24. The minimum Gasteiger partial charge on any atom is -0.142 e. The van der Waals surface area contributed by atoms with Crippen LogP contribution in [0.2, 0.25) is 0 Å². The van der Waals surface area contributed by atoms with E-state index in [0.29, 0.717) is 0 Å². The van der Waals surface area contributed by atoms with Crippen LogP contribution in [0.1, 0.15) is 0 Å². The molecule has 0 saturated carbocycles. The van der Waals surface area contributed by atoms with Crippen LogP contribution in [0.3, 0.4) is 0 Å². The van der Waals surface area contributed by atoms with E-state index in [9.17, 15) is 0 Å². The summed E-state index contributed by atoms with van der Waals surface area (Å²) in [7, 11) is 0. The summed E-state index contributed by atoms with van der Waals surface area (Å²) in [5, 5.41) is 3.43. The molecule has 1 aromatic carbocycles. The first-order valence-corrected chi connectivity index (χ1v) is 6.44. The van der Waals surface area contributed by atoms with E-state index < -0.39 is 0 Å². The molecule has 0 spiro atoms. The number of fused-ring (bicyclic) bond motifs is 1. The Labute approximate surface area is 102 Å². The van der Waals surface area contributed by atoms with Gasteiger partial charge in [-0.2, -0.15) is 0 Å². The summed E-state index contributed by atoms with van der Waals surface area (Å²) < 4.78 is 3.70. The largest absolute Gasteiger partial charge is 0.142 e. The van der Waals surface area contributed by atoms with Gasteiger partial charge in [-0.1, -0.05) is 15.9 Å². The molecule has 0 bridgehead atoms. The summed E-state index contributed by atoms with van der Waals surface area (Å²) >= 11 is 12.0. The average Bonchev–Trinajstić information content (AvgIpc) is 2.42. The number of rotatable bonds is 0. The van der Waals surface area contributed by atoms with Crippen molar-refractivity contribution in [3.63, 3.8) is 0 Å². The highest BCUT2D eigenvalue weighted by Crippen LogP contribution is 2.36. The molecule has 0 aliphatic carbocycles. The predicted molar refractivity (Wildman–Crippen MR) is 69.5 cm³/mol.